The molecule has 1 aromatic heterocycles. The van der Waals surface area contributed by atoms with Gasteiger partial charge < -0.3 is 41.5 Å². The van der Waals surface area contributed by atoms with Gasteiger partial charge >= 0.3 is 5.97 Å². The van der Waals surface area contributed by atoms with E-state index in [0.717, 1.165) is 41.3 Å². The molecule has 105 heavy (non-hydrogen) atoms. The van der Waals surface area contributed by atoms with Gasteiger partial charge in [0.2, 0.25) is 40.9 Å². The van der Waals surface area contributed by atoms with Gasteiger partial charge in [-0.2, -0.15) is 0 Å². The lowest BCUT2D eigenvalue weighted by Gasteiger charge is -2.34. The lowest BCUT2D eigenvalue weighted by atomic mass is 9.86. The largest absolute Gasteiger partial charge is 0.508 e. The number of phenols is 1. The number of hydrogen-bond donors (Lipinski definition) is 13. The first-order chi connectivity index (χ1) is 49.3. The van der Waals surface area contributed by atoms with Gasteiger partial charge in [0.15, 0.2) is 5.78 Å². The molecule has 25 heteroatoms. The standard InChI is InChI=1S/C46H71N5O7.C26H30N4O6.C5H11NO.C3H6O/c1-11-37(28-31(2)3)43(57)50-46(10,35(8)54)27-23-18-16-14-12-13-15-17-22-26-45(9,34(7)53)49-38(29-32(4)5)41(55)42(56)40(33(6)52)48-44(58)39(51-47)30-36-24-20-19-21-25-36;1-15(31)22(13-17-14-28-20-5-3-2-4-19(17)20)29-21(10-11-24(33)34)25(35)26(36)23(30-27)12-16-6-8-18(32)9-7-16;1-3-4(2)5(6)7;1-3(2)4/h19-21,24-25,31-33,37-40,49,51-52H,11,15,17-18,22-23,26-30,47H2,1-10H3,(H,48,58)(H,50,57);2-9,14,21-23,28-30,32H,10-13,27H2,1H3,(H,33,34);4H,3H2,1-2H3,(H2,6,7);1-2H3/t33-,37+,38+,39+,40+,45-,46+;21-,22-,23-;4-;/m100./s1. The van der Waals surface area contributed by atoms with Crippen LogP contribution in [0.2, 0.25) is 0 Å². The molecule has 578 valence electrons. The molecule has 3 aromatic carbocycles. The van der Waals surface area contributed by atoms with Gasteiger partial charge in [0, 0.05) is 48.2 Å². The number of carbonyl (C=O) groups excluding carboxylic acids is 11. The van der Waals surface area contributed by atoms with Crippen LogP contribution in [0, 0.1) is 47.4 Å². The zero-order valence-electron chi connectivity index (χ0n) is 64.2. The number of nitrogens with two attached hydrogens (primary N) is 3. The van der Waals surface area contributed by atoms with E-state index in [0.29, 0.717) is 56.4 Å². The molecule has 11 atom stereocenters. The summed E-state index contributed by atoms with van der Waals surface area (Å²) in [5.41, 5.74) is 10.9. The third kappa shape index (κ3) is 35.6. The Hall–Kier alpha value is -8.92. The van der Waals surface area contributed by atoms with Gasteiger partial charge in [-0.1, -0.05) is 127 Å². The molecule has 16 N–H and O–H groups in total. The number of unbranched alkanes of at least 4 members (excludes halogenated alkanes) is 3. The molecule has 0 radical (unpaired) electrons. The summed E-state index contributed by atoms with van der Waals surface area (Å²) in [6, 6.07) is 16.3. The van der Waals surface area contributed by atoms with Crippen molar-refractivity contribution < 1.29 is 72.9 Å². The number of hydrogen-bond acceptors (Lipinski definition) is 20. The Bertz CT molecular complexity index is 3600. The fraction of sp³-hybridized carbons (Fsp3) is 0.550. The average Bonchev–Trinajstić information content (AvgIpc) is 1.81. The predicted octanol–water partition coefficient (Wildman–Crippen LogP) is 7.21. The van der Waals surface area contributed by atoms with Crippen LogP contribution < -0.4 is 49.5 Å². The third-order valence-electron chi connectivity index (χ3n) is 17.8. The molecule has 0 aliphatic heterocycles. The molecular formula is C80H118N10O15. The summed E-state index contributed by atoms with van der Waals surface area (Å²) in [5, 5.41) is 41.7. The minimum atomic E-state index is -1.52. The van der Waals surface area contributed by atoms with Crippen LogP contribution in [-0.4, -0.2) is 144 Å². The number of carboxylic acid groups (broad SMARTS) is 1. The number of amides is 3. The summed E-state index contributed by atoms with van der Waals surface area (Å²) in [6.07, 6.45) is 6.83. The molecule has 4 rings (SSSR count). The van der Waals surface area contributed by atoms with Crippen molar-refractivity contribution >= 4 is 80.9 Å². The number of H-pyrrole nitrogens is 1. The van der Waals surface area contributed by atoms with Crippen LogP contribution in [0.25, 0.3) is 10.9 Å². The summed E-state index contributed by atoms with van der Waals surface area (Å²) in [4.78, 5) is 152. The van der Waals surface area contributed by atoms with Gasteiger partial charge in [0.05, 0.1) is 41.3 Å². The molecule has 0 aliphatic carbocycles. The van der Waals surface area contributed by atoms with Crippen molar-refractivity contribution in [3.8, 4) is 29.4 Å². The van der Waals surface area contributed by atoms with Crippen LogP contribution in [0.4, 0.5) is 0 Å². The Kier molecular flexibility index (Phi) is 43.9. The fourth-order valence-electron chi connectivity index (χ4n) is 10.9. The molecule has 3 amide bonds. The number of aliphatic hydroxyl groups is 1. The van der Waals surface area contributed by atoms with E-state index in [-0.39, 0.29) is 97.0 Å². The lowest BCUT2D eigenvalue weighted by molar-refractivity contribution is -0.142. The van der Waals surface area contributed by atoms with Crippen LogP contribution in [0.15, 0.2) is 85.1 Å². The maximum Gasteiger partial charge on any atom is 0.303 e. The first-order valence-electron chi connectivity index (χ1n) is 36.1. The van der Waals surface area contributed by atoms with E-state index in [1.165, 1.54) is 53.7 Å². The normalized spacial score (nSPS) is 14.6. The summed E-state index contributed by atoms with van der Waals surface area (Å²) >= 11 is 0. The number of benzene rings is 3. The number of nitrogens with one attached hydrogen (secondary N) is 7. The molecular weight excluding hydrogens is 1340 g/mol. The van der Waals surface area contributed by atoms with E-state index in [4.69, 9.17) is 17.4 Å². The van der Waals surface area contributed by atoms with E-state index in [9.17, 15) is 72.9 Å². The Morgan fingerprint density at radius 2 is 1.10 bits per heavy atom. The summed E-state index contributed by atoms with van der Waals surface area (Å²) in [5.74, 6) is 17.4. The molecule has 0 saturated carbocycles. The van der Waals surface area contributed by atoms with Crippen LogP contribution in [0.1, 0.15) is 204 Å². The topological polar surface area (TPSA) is 432 Å². The maximum atomic E-state index is 13.8. The Morgan fingerprint density at radius 3 is 1.59 bits per heavy atom. The highest BCUT2D eigenvalue weighted by molar-refractivity contribution is 6.42. The smallest absolute Gasteiger partial charge is 0.303 e. The monoisotopic (exact) mass is 1460 g/mol. The van der Waals surface area contributed by atoms with E-state index in [1.54, 1.807) is 32.2 Å². The van der Waals surface area contributed by atoms with Gasteiger partial charge in [0.1, 0.15) is 35.2 Å². The fourth-order valence-corrected chi connectivity index (χ4v) is 10.9. The number of hydrazine groups is 2. The highest BCUT2D eigenvalue weighted by Crippen LogP contribution is 2.24. The number of carboxylic acids is 1. The van der Waals surface area contributed by atoms with Crippen molar-refractivity contribution in [3.63, 3.8) is 0 Å². The zero-order valence-corrected chi connectivity index (χ0v) is 64.2. The Morgan fingerprint density at radius 1 is 0.581 bits per heavy atom. The summed E-state index contributed by atoms with van der Waals surface area (Å²) in [7, 11) is 0. The SMILES string of the molecule is CC(=O)[C@H](Cc1c[nH]c2ccccc12)N[C@@H](CCC(=O)O)C(=O)C(=O)[C@H](Cc1ccc(O)cc1)NN.CC(C)=O.CC[C@@H](CC(C)C)C(=O)N[C@@](C)(CCCC#CC#CCCCC[C@@](C)(N[C@@H](CC(C)C)C(=O)C(=O)[C@@H](NC(=O)[C@H](Cc1ccccc1)NN)[C@@H](C)O)C(C)=O)C(C)=O.CC[C@H](C)C(N)=O. The van der Waals surface area contributed by atoms with Crippen LogP contribution in [-0.2, 0) is 76.8 Å². The highest BCUT2D eigenvalue weighted by Gasteiger charge is 2.41. The van der Waals surface area contributed by atoms with Gasteiger partial charge in [-0.05, 0) is 191 Å². The van der Waals surface area contributed by atoms with Gasteiger partial charge in [-0.15, -0.1) is 0 Å². The number of primary amides is 1. The molecule has 0 unspecified atom stereocenters. The molecule has 0 aliphatic rings. The van der Waals surface area contributed by atoms with Crippen molar-refractivity contribution in [1.82, 2.24) is 37.1 Å². The maximum absolute atomic E-state index is 13.8. The van der Waals surface area contributed by atoms with Crippen LogP contribution in [0.3, 0.4) is 0 Å². The number of aromatic nitrogens is 1. The predicted molar refractivity (Wildman–Crippen MR) is 407 cm³/mol. The number of para-hydroxylation sites is 1. The highest BCUT2D eigenvalue weighted by atomic mass is 16.4. The van der Waals surface area contributed by atoms with E-state index in [2.05, 4.69) is 74.6 Å². The number of carbonyl (C=O) groups is 12. The number of aromatic hydroxyl groups is 1. The average molecular weight is 1460 g/mol. The van der Waals surface area contributed by atoms with Gasteiger partial charge in [-0.3, -0.25) is 75.1 Å². The van der Waals surface area contributed by atoms with Crippen LogP contribution in [0.5, 0.6) is 5.75 Å². The first-order valence-corrected chi connectivity index (χ1v) is 36.1. The number of rotatable bonds is 43. The first kappa shape index (κ1) is 94.1. The number of ketones is 8. The van der Waals surface area contributed by atoms with E-state index < -0.39 is 88.4 Å². The van der Waals surface area contributed by atoms with E-state index in [1.807, 2.05) is 89.2 Å². The molecule has 25 nitrogen and oxygen atoms in total. The number of phenolic OH excluding ortho intramolecular Hbond substituents is 1. The van der Waals surface area contributed by atoms with Gasteiger partial charge in [-0.25, -0.2) is 10.9 Å². The molecule has 0 fully saturated rings. The molecule has 1 heterocycles. The van der Waals surface area contributed by atoms with Crippen LogP contribution >= 0.6 is 0 Å². The van der Waals surface area contributed by atoms with Crippen molar-refractivity contribution in [1.29, 1.82) is 0 Å². The second-order valence-electron chi connectivity index (χ2n) is 28.2. The zero-order chi connectivity index (χ0) is 79.7. The Balaban J connectivity index is 0.000000985. The minimum absolute atomic E-state index is 0.0224. The van der Waals surface area contributed by atoms with Crippen molar-refractivity contribution in [3.05, 3.63) is 102 Å². The number of aliphatic hydroxyl groups excluding tert-OH is 1. The second kappa shape index (κ2) is 49.0. The summed E-state index contributed by atoms with van der Waals surface area (Å²) in [6.45, 7) is 25.9. The number of aromatic amines is 1. The van der Waals surface area contributed by atoms with Gasteiger partial charge in [0.25, 0.3) is 0 Å². The molecule has 0 saturated heterocycles. The third-order valence-corrected chi connectivity index (χ3v) is 17.8. The second-order valence-corrected chi connectivity index (χ2v) is 28.2. The molecule has 0 bridgehead atoms. The van der Waals surface area contributed by atoms with Crippen molar-refractivity contribution in [2.45, 2.75) is 260 Å². The minimum Gasteiger partial charge on any atom is -0.508 e. The Labute approximate surface area is 620 Å². The van der Waals surface area contributed by atoms with Crippen molar-refractivity contribution in [2.75, 3.05) is 0 Å². The number of aliphatic carboxylic acids is 1. The van der Waals surface area contributed by atoms with Crippen molar-refractivity contribution in [2.24, 2.45) is 41.1 Å². The molecule has 0 spiro atoms. The lowest BCUT2D eigenvalue weighted by Crippen LogP contribution is -2.61. The quantitative estimate of drug-likeness (QED) is 0.00684. The van der Waals surface area contributed by atoms with E-state index >= 15 is 0 Å². The summed E-state index contributed by atoms with van der Waals surface area (Å²) < 4.78 is 0. The number of fused-ring (bicyclic) bond motifs is 1. The number of Topliss-reactive ketones (excluding diaryl/α,β-unsaturated/α-hetero) is 8. The molecule has 4 aromatic rings.